The highest BCUT2D eigenvalue weighted by molar-refractivity contribution is 6.31. The highest BCUT2D eigenvalue weighted by Gasteiger charge is 2.11. The lowest BCUT2D eigenvalue weighted by atomic mass is 10.1. The normalized spacial score (nSPS) is 11.3. The van der Waals surface area contributed by atoms with Crippen molar-refractivity contribution >= 4 is 23.2 Å². The van der Waals surface area contributed by atoms with E-state index in [0.717, 1.165) is 22.0 Å². The van der Waals surface area contributed by atoms with Gasteiger partial charge in [0.2, 0.25) is 0 Å². The number of rotatable bonds is 4. The third-order valence-electron chi connectivity index (χ3n) is 2.87. The van der Waals surface area contributed by atoms with E-state index in [1.807, 2.05) is 25.1 Å². The molecule has 2 rings (SSSR count). The van der Waals surface area contributed by atoms with Gasteiger partial charge in [-0.05, 0) is 19.1 Å². The first kappa shape index (κ1) is 14.4. The molecule has 5 heteroatoms. The first-order valence-electron chi connectivity index (χ1n) is 6.22. The van der Waals surface area contributed by atoms with Gasteiger partial charge in [0.25, 0.3) is 0 Å². The number of halogens is 2. The van der Waals surface area contributed by atoms with Crippen LogP contribution in [0.2, 0.25) is 10.0 Å². The Morgan fingerprint density at radius 3 is 2.58 bits per heavy atom. The van der Waals surface area contributed by atoms with Gasteiger partial charge in [-0.25, -0.2) is 4.68 Å². The van der Waals surface area contributed by atoms with Crippen LogP contribution in [0.15, 0.2) is 24.4 Å². The molecule has 0 aliphatic carbocycles. The number of nitrogens with zero attached hydrogens (tertiary/aromatic N) is 2. The molecule has 0 bridgehead atoms. The number of aromatic nitrogens is 2. The molecule has 1 aromatic heterocycles. The lowest BCUT2D eigenvalue weighted by Crippen LogP contribution is -2.23. The van der Waals surface area contributed by atoms with Gasteiger partial charge in [0.1, 0.15) is 0 Å². The summed E-state index contributed by atoms with van der Waals surface area (Å²) in [5, 5.41) is 9.17. The van der Waals surface area contributed by atoms with Crippen LogP contribution in [0, 0.1) is 6.92 Å². The largest absolute Gasteiger partial charge is 0.310 e. The molecule has 0 aliphatic rings. The number of benzene rings is 1. The minimum atomic E-state index is 0.395. The molecule has 1 aromatic carbocycles. The van der Waals surface area contributed by atoms with Crippen molar-refractivity contribution in [3.63, 3.8) is 0 Å². The van der Waals surface area contributed by atoms with Gasteiger partial charge in [-0.1, -0.05) is 43.1 Å². The Balaban J connectivity index is 2.42. The van der Waals surface area contributed by atoms with Crippen molar-refractivity contribution < 1.29 is 0 Å². The van der Waals surface area contributed by atoms with Gasteiger partial charge in [0.05, 0.1) is 16.4 Å². The maximum absolute atomic E-state index is 6.30. The van der Waals surface area contributed by atoms with Gasteiger partial charge in [-0.3, -0.25) is 0 Å². The van der Waals surface area contributed by atoms with Crippen molar-refractivity contribution in [1.82, 2.24) is 15.1 Å². The van der Waals surface area contributed by atoms with Gasteiger partial charge in [-0.2, -0.15) is 5.10 Å². The molecule has 0 fully saturated rings. The summed E-state index contributed by atoms with van der Waals surface area (Å²) in [4.78, 5) is 0. The highest BCUT2D eigenvalue weighted by atomic mass is 35.5. The van der Waals surface area contributed by atoms with Crippen LogP contribution in [0.25, 0.3) is 5.69 Å². The molecule has 0 spiro atoms. The molecular weight excluding hydrogens is 281 g/mol. The molecule has 0 saturated heterocycles. The van der Waals surface area contributed by atoms with Gasteiger partial charge >= 0.3 is 0 Å². The van der Waals surface area contributed by atoms with Crippen LogP contribution in [0.5, 0.6) is 0 Å². The fourth-order valence-electron chi connectivity index (χ4n) is 1.81. The maximum Gasteiger partial charge on any atom is 0.0819 e. The number of hydrogen-bond donors (Lipinski definition) is 1. The molecule has 0 atom stereocenters. The van der Waals surface area contributed by atoms with Crippen LogP contribution >= 0.6 is 23.2 Å². The molecule has 0 aliphatic heterocycles. The van der Waals surface area contributed by atoms with E-state index in [-0.39, 0.29) is 0 Å². The standard InChI is InChI=1S/C14H17Cl2N3/c1-9(2)17-7-11-12(15)5-4-6-14(11)19-8-13(16)10(3)18-19/h4-6,8-9,17H,7H2,1-3H3. The quantitative estimate of drug-likeness (QED) is 0.925. The van der Waals surface area contributed by atoms with E-state index in [4.69, 9.17) is 23.2 Å². The summed E-state index contributed by atoms with van der Waals surface area (Å²) in [5.74, 6) is 0. The second-order valence-electron chi connectivity index (χ2n) is 4.78. The Hall–Kier alpha value is -1.03. The van der Waals surface area contributed by atoms with Gasteiger partial charge in [-0.15, -0.1) is 0 Å². The van der Waals surface area contributed by atoms with Crippen molar-refractivity contribution in [1.29, 1.82) is 0 Å². The summed E-state index contributed by atoms with van der Waals surface area (Å²) in [6.45, 7) is 6.79. The minimum Gasteiger partial charge on any atom is -0.310 e. The fourth-order valence-corrected chi connectivity index (χ4v) is 2.17. The van der Waals surface area contributed by atoms with Crippen molar-refractivity contribution in [2.75, 3.05) is 0 Å². The Labute approximate surface area is 123 Å². The molecule has 0 radical (unpaired) electrons. The molecular formula is C14H17Cl2N3. The predicted molar refractivity (Wildman–Crippen MR) is 80.3 cm³/mol. The second-order valence-corrected chi connectivity index (χ2v) is 5.59. The van der Waals surface area contributed by atoms with E-state index in [9.17, 15) is 0 Å². The molecule has 0 unspecified atom stereocenters. The average Bonchev–Trinajstić information content (AvgIpc) is 2.67. The summed E-state index contributed by atoms with van der Waals surface area (Å²) >= 11 is 12.4. The van der Waals surface area contributed by atoms with E-state index < -0.39 is 0 Å². The van der Waals surface area contributed by atoms with Crippen molar-refractivity contribution in [2.24, 2.45) is 0 Å². The van der Waals surface area contributed by atoms with Gasteiger partial charge < -0.3 is 5.32 Å². The number of nitrogens with one attached hydrogen (secondary N) is 1. The highest BCUT2D eigenvalue weighted by Crippen LogP contribution is 2.25. The van der Waals surface area contributed by atoms with E-state index in [1.165, 1.54) is 0 Å². The average molecular weight is 298 g/mol. The summed E-state index contributed by atoms with van der Waals surface area (Å²) in [6.07, 6.45) is 1.81. The molecule has 102 valence electrons. The molecule has 1 N–H and O–H groups in total. The monoisotopic (exact) mass is 297 g/mol. The van der Waals surface area contributed by atoms with Crippen LogP contribution in [0.4, 0.5) is 0 Å². The molecule has 3 nitrogen and oxygen atoms in total. The first-order valence-corrected chi connectivity index (χ1v) is 6.97. The van der Waals surface area contributed by atoms with E-state index in [2.05, 4.69) is 24.3 Å². The summed E-state index contributed by atoms with van der Waals surface area (Å²) in [5.41, 5.74) is 2.79. The van der Waals surface area contributed by atoms with Crippen molar-refractivity contribution in [3.05, 3.63) is 45.7 Å². The van der Waals surface area contributed by atoms with E-state index >= 15 is 0 Å². The smallest absolute Gasteiger partial charge is 0.0819 e. The Morgan fingerprint density at radius 1 is 1.26 bits per heavy atom. The van der Waals surface area contributed by atoms with Crippen molar-refractivity contribution in [3.8, 4) is 5.69 Å². The summed E-state index contributed by atoms with van der Waals surface area (Å²) < 4.78 is 1.78. The summed E-state index contributed by atoms with van der Waals surface area (Å²) in [7, 11) is 0. The number of hydrogen-bond acceptors (Lipinski definition) is 2. The molecule has 2 aromatic rings. The Bertz CT molecular complexity index is 557. The maximum atomic E-state index is 6.30. The van der Waals surface area contributed by atoms with Crippen LogP contribution in [0.1, 0.15) is 25.1 Å². The summed E-state index contributed by atoms with van der Waals surface area (Å²) in [6, 6.07) is 6.19. The second kappa shape index (κ2) is 5.95. The number of aryl methyl sites for hydroxylation is 1. The zero-order valence-corrected chi connectivity index (χ0v) is 12.8. The van der Waals surface area contributed by atoms with Crippen LogP contribution in [0.3, 0.4) is 0 Å². The Kier molecular flexibility index (Phi) is 4.50. The zero-order chi connectivity index (χ0) is 14.0. The SMILES string of the molecule is Cc1nn(-c2cccc(Cl)c2CNC(C)C)cc1Cl. The Morgan fingerprint density at radius 2 is 2.00 bits per heavy atom. The van der Waals surface area contributed by atoms with Crippen LogP contribution < -0.4 is 5.32 Å². The van der Waals surface area contributed by atoms with Crippen LogP contribution in [-0.2, 0) is 6.54 Å². The third-order valence-corrected chi connectivity index (χ3v) is 3.59. The molecule has 0 saturated carbocycles. The molecule has 19 heavy (non-hydrogen) atoms. The van der Waals surface area contributed by atoms with Gasteiger partial charge in [0.15, 0.2) is 0 Å². The fraction of sp³-hybridized carbons (Fsp3) is 0.357. The molecule has 1 heterocycles. The van der Waals surface area contributed by atoms with E-state index in [1.54, 1.807) is 10.9 Å². The predicted octanol–water partition coefficient (Wildman–Crippen LogP) is 3.99. The van der Waals surface area contributed by atoms with Crippen molar-refractivity contribution in [2.45, 2.75) is 33.4 Å². The van der Waals surface area contributed by atoms with Crippen LogP contribution in [-0.4, -0.2) is 15.8 Å². The third kappa shape index (κ3) is 3.30. The topological polar surface area (TPSA) is 29.9 Å². The van der Waals surface area contributed by atoms with E-state index in [0.29, 0.717) is 17.6 Å². The lowest BCUT2D eigenvalue weighted by Gasteiger charge is -2.14. The zero-order valence-electron chi connectivity index (χ0n) is 11.2. The first-order chi connectivity index (χ1) is 8.99. The minimum absolute atomic E-state index is 0.395. The molecule has 0 amide bonds. The lowest BCUT2D eigenvalue weighted by molar-refractivity contribution is 0.586. The van der Waals surface area contributed by atoms with Gasteiger partial charge in [0, 0.05) is 29.4 Å².